The van der Waals surface area contributed by atoms with Crippen LogP contribution in [-0.2, 0) is 16.5 Å². The highest BCUT2D eigenvalue weighted by molar-refractivity contribution is 5.85. The molecular formula is C20H26N8O2. The summed E-state index contributed by atoms with van der Waals surface area (Å²) in [6, 6.07) is 0. The van der Waals surface area contributed by atoms with Gasteiger partial charge in [-0.15, -0.1) is 0 Å². The number of aromatic nitrogens is 6. The number of hydrogen-bond acceptors (Lipinski definition) is 9. The lowest BCUT2D eigenvalue weighted by Gasteiger charge is -2.39. The average molecular weight is 410 g/mol. The van der Waals surface area contributed by atoms with Gasteiger partial charge in [-0.25, -0.2) is 9.97 Å². The molecule has 3 aromatic rings. The van der Waals surface area contributed by atoms with Gasteiger partial charge < -0.3 is 19.3 Å². The standard InChI is InChI=1S/C20H26N8O2/c1-12-13(2)23-18-17(22-12)19(28-9-15(10-28)29-4)25-20(24-18)27-5-6-30-16(11-27)14-7-21-26(3)8-14/h7-8,15-16H,5-6,9-11H2,1-4H3. The molecule has 10 nitrogen and oxygen atoms in total. The van der Waals surface area contributed by atoms with Crippen LogP contribution in [0.3, 0.4) is 0 Å². The Morgan fingerprint density at radius 3 is 2.57 bits per heavy atom. The minimum atomic E-state index is -0.0667. The quantitative estimate of drug-likeness (QED) is 0.628. The van der Waals surface area contributed by atoms with E-state index in [1.54, 1.807) is 11.8 Å². The number of hydrogen-bond donors (Lipinski definition) is 0. The van der Waals surface area contributed by atoms with Gasteiger partial charge in [0.15, 0.2) is 17.0 Å². The van der Waals surface area contributed by atoms with Crippen LogP contribution in [0.25, 0.3) is 11.2 Å². The van der Waals surface area contributed by atoms with Crippen molar-refractivity contribution in [3.63, 3.8) is 0 Å². The predicted octanol–water partition coefficient (Wildman–Crippen LogP) is 1.18. The van der Waals surface area contributed by atoms with E-state index in [0.29, 0.717) is 24.7 Å². The summed E-state index contributed by atoms with van der Waals surface area (Å²) in [7, 11) is 3.65. The highest BCUT2D eigenvalue weighted by atomic mass is 16.5. The lowest BCUT2D eigenvalue weighted by molar-refractivity contribution is 0.0392. The predicted molar refractivity (Wildman–Crippen MR) is 112 cm³/mol. The summed E-state index contributed by atoms with van der Waals surface area (Å²) in [5.74, 6) is 1.48. The van der Waals surface area contributed by atoms with Gasteiger partial charge in [-0.2, -0.15) is 15.1 Å². The summed E-state index contributed by atoms with van der Waals surface area (Å²) in [6.07, 6.45) is 3.99. The molecule has 1 unspecified atom stereocenters. The SMILES string of the molecule is COC1CN(c2nc(N3CCOC(c4cnn(C)c4)C3)nc3nc(C)c(C)nc23)C1. The van der Waals surface area contributed by atoms with Crippen LogP contribution in [0.1, 0.15) is 23.1 Å². The molecule has 1 atom stereocenters. The molecule has 2 saturated heterocycles. The molecule has 0 saturated carbocycles. The highest BCUT2D eigenvalue weighted by Gasteiger charge is 2.32. The highest BCUT2D eigenvalue weighted by Crippen LogP contribution is 2.31. The normalized spacial score (nSPS) is 20.1. The Bertz CT molecular complexity index is 1080. The van der Waals surface area contributed by atoms with Crippen LogP contribution in [0.2, 0.25) is 0 Å². The Balaban J connectivity index is 1.51. The first-order chi connectivity index (χ1) is 14.5. The summed E-state index contributed by atoms with van der Waals surface area (Å²) in [6.45, 7) is 7.49. The Labute approximate surface area is 174 Å². The number of rotatable bonds is 4. The van der Waals surface area contributed by atoms with E-state index in [-0.39, 0.29) is 12.2 Å². The van der Waals surface area contributed by atoms with Gasteiger partial charge in [0.1, 0.15) is 6.10 Å². The van der Waals surface area contributed by atoms with Crippen molar-refractivity contribution >= 4 is 22.9 Å². The van der Waals surface area contributed by atoms with Crippen molar-refractivity contribution in [2.45, 2.75) is 26.1 Å². The number of aryl methyl sites for hydroxylation is 3. The summed E-state index contributed by atoms with van der Waals surface area (Å²) < 4.78 is 13.2. The largest absolute Gasteiger partial charge is 0.378 e. The van der Waals surface area contributed by atoms with Crippen molar-refractivity contribution in [2.75, 3.05) is 49.7 Å². The van der Waals surface area contributed by atoms with Crippen LogP contribution in [-0.4, -0.2) is 75.7 Å². The van der Waals surface area contributed by atoms with Crippen LogP contribution in [0, 0.1) is 13.8 Å². The number of fused-ring (bicyclic) bond motifs is 1. The number of anilines is 2. The molecule has 0 spiro atoms. The molecule has 0 radical (unpaired) electrons. The van der Waals surface area contributed by atoms with Crippen molar-refractivity contribution in [2.24, 2.45) is 7.05 Å². The van der Waals surface area contributed by atoms with Crippen LogP contribution in [0.4, 0.5) is 11.8 Å². The van der Waals surface area contributed by atoms with Gasteiger partial charge in [-0.05, 0) is 13.8 Å². The van der Waals surface area contributed by atoms with Gasteiger partial charge in [-0.3, -0.25) is 4.68 Å². The second-order valence-electron chi connectivity index (χ2n) is 7.93. The maximum absolute atomic E-state index is 5.98. The van der Waals surface area contributed by atoms with Crippen LogP contribution in [0.15, 0.2) is 12.4 Å². The Morgan fingerprint density at radius 1 is 1.03 bits per heavy atom. The van der Waals surface area contributed by atoms with E-state index in [0.717, 1.165) is 47.9 Å². The molecule has 0 amide bonds. The monoisotopic (exact) mass is 410 g/mol. The van der Waals surface area contributed by atoms with Crippen LogP contribution >= 0.6 is 0 Å². The van der Waals surface area contributed by atoms with E-state index in [1.165, 1.54) is 0 Å². The third kappa shape index (κ3) is 3.35. The molecule has 10 heteroatoms. The van der Waals surface area contributed by atoms with Crippen LogP contribution in [0.5, 0.6) is 0 Å². The van der Waals surface area contributed by atoms with E-state index in [1.807, 2.05) is 33.3 Å². The first-order valence-corrected chi connectivity index (χ1v) is 10.2. The second-order valence-corrected chi connectivity index (χ2v) is 7.93. The topological polar surface area (TPSA) is 94.3 Å². The fraction of sp³-hybridized carbons (Fsp3) is 0.550. The number of morpholine rings is 1. The Morgan fingerprint density at radius 2 is 1.83 bits per heavy atom. The van der Waals surface area contributed by atoms with Crippen molar-refractivity contribution in [3.05, 3.63) is 29.3 Å². The van der Waals surface area contributed by atoms with Gasteiger partial charge in [0, 0.05) is 45.6 Å². The molecule has 30 heavy (non-hydrogen) atoms. The third-order valence-electron chi connectivity index (χ3n) is 5.84. The molecular weight excluding hydrogens is 384 g/mol. The zero-order valence-electron chi connectivity index (χ0n) is 17.7. The molecule has 0 bridgehead atoms. The zero-order chi connectivity index (χ0) is 20.8. The van der Waals surface area contributed by atoms with Crippen molar-refractivity contribution < 1.29 is 9.47 Å². The zero-order valence-corrected chi connectivity index (χ0v) is 17.7. The molecule has 0 aromatic carbocycles. The molecule has 5 rings (SSSR count). The molecule has 3 aromatic heterocycles. The molecule has 0 aliphatic carbocycles. The number of ether oxygens (including phenoxy) is 2. The van der Waals surface area contributed by atoms with Gasteiger partial charge in [0.2, 0.25) is 5.95 Å². The molecule has 2 aliphatic rings. The maximum Gasteiger partial charge on any atom is 0.229 e. The Kier molecular flexibility index (Phi) is 4.75. The van der Waals surface area contributed by atoms with Crippen LogP contribution < -0.4 is 9.80 Å². The minimum Gasteiger partial charge on any atom is -0.378 e. The van der Waals surface area contributed by atoms with Crippen molar-refractivity contribution in [1.82, 2.24) is 29.7 Å². The average Bonchev–Trinajstić information content (AvgIpc) is 3.15. The maximum atomic E-state index is 5.98. The molecule has 5 heterocycles. The van der Waals surface area contributed by atoms with Gasteiger partial charge in [0.25, 0.3) is 0 Å². The molecule has 0 N–H and O–H groups in total. The first-order valence-electron chi connectivity index (χ1n) is 10.2. The Hall–Kier alpha value is -2.85. The van der Waals surface area contributed by atoms with Crippen molar-refractivity contribution in [1.29, 1.82) is 0 Å². The fourth-order valence-corrected chi connectivity index (χ4v) is 3.85. The summed E-state index contributed by atoms with van der Waals surface area (Å²) in [4.78, 5) is 23.5. The lowest BCUT2D eigenvalue weighted by atomic mass is 10.1. The van der Waals surface area contributed by atoms with Gasteiger partial charge in [-0.1, -0.05) is 0 Å². The first kappa shape index (κ1) is 19.1. The fourth-order valence-electron chi connectivity index (χ4n) is 3.85. The molecule has 158 valence electrons. The van der Waals surface area contributed by atoms with Gasteiger partial charge in [0.05, 0.1) is 36.8 Å². The molecule has 2 fully saturated rings. The number of nitrogens with zero attached hydrogens (tertiary/aromatic N) is 8. The summed E-state index contributed by atoms with van der Waals surface area (Å²) in [5.41, 5.74) is 4.20. The second kappa shape index (κ2) is 7.44. The third-order valence-corrected chi connectivity index (χ3v) is 5.84. The smallest absolute Gasteiger partial charge is 0.229 e. The van der Waals surface area contributed by atoms with E-state index in [9.17, 15) is 0 Å². The summed E-state index contributed by atoms with van der Waals surface area (Å²) >= 11 is 0. The summed E-state index contributed by atoms with van der Waals surface area (Å²) in [5, 5.41) is 4.27. The van der Waals surface area contributed by atoms with E-state index in [4.69, 9.17) is 29.4 Å². The van der Waals surface area contributed by atoms with E-state index < -0.39 is 0 Å². The van der Waals surface area contributed by atoms with E-state index >= 15 is 0 Å². The lowest BCUT2D eigenvalue weighted by Crippen LogP contribution is -2.52. The molecule has 2 aliphatic heterocycles. The van der Waals surface area contributed by atoms with Crippen molar-refractivity contribution in [3.8, 4) is 0 Å². The van der Waals surface area contributed by atoms with E-state index in [2.05, 4.69) is 14.9 Å². The number of methoxy groups -OCH3 is 1. The van der Waals surface area contributed by atoms with Gasteiger partial charge >= 0.3 is 0 Å². The minimum absolute atomic E-state index is 0.0667.